The molecular weight excluding hydrogens is 384 g/mol. The first-order chi connectivity index (χ1) is 14.6. The van der Waals surface area contributed by atoms with E-state index in [0.29, 0.717) is 28.8 Å². The minimum absolute atomic E-state index is 0.238. The molecule has 0 aliphatic heterocycles. The molecule has 1 N–H and O–H groups in total. The largest absolute Gasteiger partial charge is 0.494 e. The lowest BCUT2D eigenvalue weighted by Gasteiger charge is -2.15. The molecule has 0 spiro atoms. The van der Waals surface area contributed by atoms with Crippen LogP contribution in [0.2, 0.25) is 0 Å². The molecule has 1 heterocycles. The number of nitrogens with one attached hydrogen (secondary N) is 1. The number of fused-ring (bicyclic) bond motifs is 1. The highest BCUT2D eigenvalue weighted by molar-refractivity contribution is 6.07. The number of methoxy groups -OCH3 is 1. The molecule has 3 rings (SSSR count). The van der Waals surface area contributed by atoms with Gasteiger partial charge in [0.15, 0.2) is 0 Å². The lowest BCUT2D eigenvalue weighted by atomic mass is 10.1. The second-order valence-corrected chi connectivity index (χ2v) is 6.49. The first-order valence-electron chi connectivity index (χ1n) is 9.75. The van der Waals surface area contributed by atoms with Crippen LogP contribution >= 0.6 is 0 Å². The highest BCUT2D eigenvalue weighted by Crippen LogP contribution is 2.31. The number of esters is 2. The summed E-state index contributed by atoms with van der Waals surface area (Å²) in [6.45, 7) is 4.67. The summed E-state index contributed by atoms with van der Waals surface area (Å²) < 4.78 is 15.6. The number of carbonyl (C=O) groups is 2. The van der Waals surface area contributed by atoms with Gasteiger partial charge in [-0.25, -0.2) is 9.59 Å². The monoisotopic (exact) mass is 408 g/mol. The molecule has 156 valence electrons. The van der Waals surface area contributed by atoms with Gasteiger partial charge in [-0.2, -0.15) is 0 Å². The molecule has 0 radical (unpaired) electrons. The molecule has 7 heteroatoms. The Balaban J connectivity index is 2.06. The Morgan fingerprint density at radius 1 is 1.03 bits per heavy atom. The van der Waals surface area contributed by atoms with Crippen molar-refractivity contribution in [1.82, 2.24) is 4.98 Å². The summed E-state index contributed by atoms with van der Waals surface area (Å²) >= 11 is 0. The van der Waals surface area contributed by atoms with Gasteiger partial charge in [0.2, 0.25) is 0 Å². The summed E-state index contributed by atoms with van der Waals surface area (Å²) in [5.41, 5.74) is 2.52. The van der Waals surface area contributed by atoms with E-state index in [1.807, 2.05) is 31.2 Å². The summed E-state index contributed by atoms with van der Waals surface area (Å²) in [5.74, 6) is -0.205. The second-order valence-electron chi connectivity index (χ2n) is 6.49. The fourth-order valence-corrected chi connectivity index (χ4v) is 2.93. The van der Waals surface area contributed by atoms with Crippen molar-refractivity contribution in [2.24, 2.45) is 0 Å². The molecular formula is C23H24N2O5. The van der Waals surface area contributed by atoms with Gasteiger partial charge in [-0.15, -0.1) is 0 Å². The average molecular weight is 408 g/mol. The van der Waals surface area contributed by atoms with Gasteiger partial charge in [-0.3, -0.25) is 4.98 Å². The third-order valence-corrected chi connectivity index (χ3v) is 4.38. The molecule has 7 nitrogen and oxygen atoms in total. The molecule has 2 aromatic carbocycles. The quantitative estimate of drug-likeness (QED) is 0.539. The molecule has 0 unspecified atom stereocenters. The molecule has 0 saturated carbocycles. The predicted molar refractivity (Wildman–Crippen MR) is 115 cm³/mol. The number of anilines is 2. The number of hydrogen-bond donors (Lipinski definition) is 1. The van der Waals surface area contributed by atoms with E-state index in [9.17, 15) is 9.59 Å². The summed E-state index contributed by atoms with van der Waals surface area (Å²) in [7, 11) is 1.32. The van der Waals surface area contributed by atoms with E-state index in [1.54, 1.807) is 25.1 Å². The number of carbonyl (C=O) groups excluding carboxylic acids is 2. The Hall–Kier alpha value is -3.61. The van der Waals surface area contributed by atoms with Crippen molar-refractivity contribution in [2.45, 2.75) is 20.3 Å². The van der Waals surface area contributed by atoms with Crippen LogP contribution in [-0.4, -0.2) is 37.2 Å². The maximum atomic E-state index is 12.5. The molecule has 0 fully saturated rings. The fourth-order valence-electron chi connectivity index (χ4n) is 2.93. The van der Waals surface area contributed by atoms with Gasteiger partial charge in [0.25, 0.3) is 0 Å². The first-order valence-corrected chi connectivity index (χ1v) is 9.75. The number of hydrogen-bond acceptors (Lipinski definition) is 7. The Morgan fingerprint density at radius 3 is 2.47 bits per heavy atom. The molecule has 3 aromatic rings. The van der Waals surface area contributed by atoms with Crippen molar-refractivity contribution in [3.05, 3.63) is 59.8 Å². The third-order valence-electron chi connectivity index (χ3n) is 4.38. The van der Waals surface area contributed by atoms with Gasteiger partial charge >= 0.3 is 11.9 Å². The molecule has 0 amide bonds. The van der Waals surface area contributed by atoms with Crippen LogP contribution in [0.5, 0.6) is 5.75 Å². The van der Waals surface area contributed by atoms with E-state index in [-0.39, 0.29) is 12.2 Å². The molecule has 0 bridgehead atoms. The van der Waals surface area contributed by atoms with Crippen LogP contribution in [0.15, 0.2) is 48.7 Å². The van der Waals surface area contributed by atoms with E-state index >= 15 is 0 Å². The normalized spacial score (nSPS) is 10.5. The van der Waals surface area contributed by atoms with Crippen LogP contribution in [-0.2, 0) is 9.47 Å². The standard InChI is InChI=1S/C23H24N2O5/c1-4-12-30-17-9-7-16(8-10-17)25-21-18-13-15(22(26)28-3)6-11-20(18)24-14-19(21)23(27)29-5-2/h6-11,13-14H,4-5,12H2,1-3H3,(H,24,25). The smallest absolute Gasteiger partial charge is 0.341 e. The van der Waals surface area contributed by atoms with Crippen molar-refractivity contribution in [3.63, 3.8) is 0 Å². The van der Waals surface area contributed by atoms with Gasteiger partial charge < -0.3 is 19.5 Å². The molecule has 0 aliphatic carbocycles. The van der Waals surface area contributed by atoms with Crippen LogP contribution in [0.3, 0.4) is 0 Å². The van der Waals surface area contributed by atoms with E-state index in [1.165, 1.54) is 13.3 Å². The van der Waals surface area contributed by atoms with Crippen molar-refractivity contribution >= 4 is 34.2 Å². The van der Waals surface area contributed by atoms with E-state index in [0.717, 1.165) is 17.9 Å². The van der Waals surface area contributed by atoms with Gasteiger partial charge in [0.05, 0.1) is 37.1 Å². The second kappa shape index (κ2) is 9.73. The lowest BCUT2D eigenvalue weighted by Crippen LogP contribution is -2.10. The van der Waals surface area contributed by atoms with Crippen LogP contribution < -0.4 is 10.1 Å². The summed E-state index contributed by atoms with van der Waals surface area (Å²) in [6.07, 6.45) is 2.40. The van der Waals surface area contributed by atoms with Crippen LogP contribution in [0.25, 0.3) is 10.9 Å². The third kappa shape index (κ3) is 4.68. The molecule has 0 atom stereocenters. The fraction of sp³-hybridized carbons (Fsp3) is 0.261. The number of rotatable bonds is 8. The van der Waals surface area contributed by atoms with E-state index < -0.39 is 11.9 Å². The Labute approximate surface area is 175 Å². The van der Waals surface area contributed by atoms with Crippen molar-refractivity contribution < 1.29 is 23.8 Å². The van der Waals surface area contributed by atoms with E-state index in [2.05, 4.69) is 10.3 Å². The molecule has 0 aliphatic rings. The minimum atomic E-state index is -0.499. The minimum Gasteiger partial charge on any atom is -0.494 e. The topological polar surface area (TPSA) is 86.8 Å². The number of aromatic nitrogens is 1. The van der Waals surface area contributed by atoms with Gasteiger partial charge in [0.1, 0.15) is 11.3 Å². The summed E-state index contributed by atoms with van der Waals surface area (Å²) in [6, 6.07) is 12.4. The molecule has 0 saturated heterocycles. The van der Waals surface area contributed by atoms with Crippen LogP contribution in [0.1, 0.15) is 41.0 Å². The number of benzene rings is 2. The number of ether oxygens (including phenoxy) is 3. The number of pyridine rings is 1. The number of nitrogens with zero attached hydrogens (tertiary/aromatic N) is 1. The first kappa shape index (κ1) is 21.1. The zero-order chi connectivity index (χ0) is 21.5. The Kier molecular flexibility index (Phi) is 6.85. The highest BCUT2D eigenvalue weighted by Gasteiger charge is 2.18. The van der Waals surface area contributed by atoms with Crippen molar-refractivity contribution in [1.29, 1.82) is 0 Å². The maximum absolute atomic E-state index is 12.5. The predicted octanol–water partition coefficient (Wildman–Crippen LogP) is 4.73. The zero-order valence-corrected chi connectivity index (χ0v) is 17.2. The van der Waals surface area contributed by atoms with Gasteiger partial charge in [0, 0.05) is 17.3 Å². The van der Waals surface area contributed by atoms with Crippen LogP contribution in [0.4, 0.5) is 11.4 Å². The van der Waals surface area contributed by atoms with Crippen molar-refractivity contribution in [3.8, 4) is 5.75 Å². The summed E-state index contributed by atoms with van der Waals surface area (Å²) in [5, 5.41) is 3.88. The Morgan fingerprint density at radius 2 is 1.80 bits per heavy atom. The Bertz CT molecular complexity index is 1050. The van der Waals surface area contributed by atoms with E-state index in [4.69, 9.17) is 14.2 Å². The maximum Gasteiger partial charge on any atom is 0.341 e. The molecule has 30 heavy (non-hydrogen) atoms. The van der Waals surface area contributed by atoms with Crippen molar-refractivity contribution in [2.75, 3.05) is 25.6 Å². The zero-order valence-electron chi connectivity index (χ0n) is 17.2. The SMILES string of the molecule is CCCOc1ccc(Nc2c(C(=O)OCC)cnc3ccc(C(=O)OC)cc23)cc1. The highest BCUT2D eigenvalue weighted by atomic mass is 16.5. The van der Waals surface area contributed by atoms with Gasteiger partial charge in [-0.1, -0.05) is 6.92 Å². The van der Waals surface area contributed by atoms with Crippen LogP contribution in [0, 0.1) is 0 Å². The summed E-state index contributed by atoms with van der Waals surface area (Å²) in [4.78, 5) is 28.9. The molecule has 1 aromatic heterocycles. The van der Waals surface area contributed by atoms with Gasteiger partial charge in [-0.05, 0) is 55.8 Å². The average Bonchev–Trinajstić information content (AvgIpc) is 2.78. The lowest BCUT2D eigenvalue weighted by molar-refractivity contribution is 0.0526.